The molecule has 7 nitrogen and oxygen atoms in total. The van der Waals surface area contributed by atoms with Crippen LogP contribution in [0.5, 0.6) is 0 Å². The molecule has 3 aliphatic rings. The van der Waals surface area contributed by atoms with E-state index >= 15 is 0 Å². The van der Waals surface area contributed by atoms with Crippen LogP contribution in [0.4, 0.5) is 4.39 Å². The second-order valence-electron chi connectivity index (χ2n) is 9.10. The third-order valence-corrected chi connectivity index (χ3v) is 8.42. The summed E-state index contributed by atoms with van der Waals surface area (Å²) in [6.45, 7) is 0.173. The van der Waals surface area contributed by atoms with Crippen molar-refractivity contribution in [2.75, 3.05) is 13.2 Å². The lowest BCUT2D eigenvalue weighted by Crippen LogP contribution is -2.55. The number of ether oxygens (including phenoxy) is 1. The Bertz CT molecular complexity index is 1110. The zero-order chi connectivity index (χ0) is 23.8. The fourth-order valence-corrected chi connectivity index (χ4v) is 6.47. The molecule has 2 aromatic rings. The van der Waals surface area contributed by atoms with Crippen molar-refractivity contribution in [2.24, 2.45) is 5.92 Å². The Hall–Kier alpha value is -2.36. The molecule has 2 amide bonds. The monoisotopic (exact) mass is 505 g/mol. The van der Waals surface area contributed by atoms with Crippen LogP contribution in [0, 0.1) is 11.7 Å². The van der Waals surface area contributed by atoms with Crippen LogP contribution < -0.4 is 5.32 Å². The minimum Gasteiger partial charge on any atom is -0.366 e. The first-order valence-corrected chi connectivity index (χ1v) is 12.8. The summed E-state index contributed by atoms with van der Waals surface area (Å²) >= 11 is 7.61. The molecule has 10 heteroatoms. The predicted octanol–water partition coefficient (Wildman–Crippen LogP) is 3.41. The molecule has 0 aromatic carbocycles. The van der Waals surface area contributed by atoms with Gasteiger partial charge in [-0.05, 0) is 37.0 Å². The zero-order valence-electron chi connectivity index (χ0n) is 18.4. The summed E-state index contributed by atoms with van der Waals surface area (Å²) in [5.41, 5.74) is 0.583. The number of nitrogens with one attached hydrogen (secondary N) is 1. The summed E-state index contributed by atoms with van der Waals surface area (Å²) in [6.07, 6.45) is 6.92. The SMILES string of the molecule is O=C(N[C@H](C(=O)N1C[C@H](Cl)C2OCC(=O)C21)C1CCCCC1)c1ccc(-c2cncc(F)c2)s1. The molecule has 34 heavy (non-hydrogen) atoms. The molecule has 5 rings (SSSR count). The predicted molar refractivity (Wildman–Crippen MR) is 125 cm³/mol. The van der Waals surface area contributed by atoms with Gasteiger partial charge in [-0.25, -0.2) is 4.39 Å². The van der Waals surface area contributed by atoms with Gasteiger partial charge in [0.15, 0.2) is 5.78 Å². The van der Waals surface area contributed by atoms with E-state index in [0.717, 1.165) is 38.3 Å². The molecule has 2 aliphatic heterocycles. The van der Waals surface area contributed by atoms with Gasteiger partial charge >= 0.3 is 0 Å². The molecule has 1 saturated carbocycles. The van der Waals surface area contributed by atoms with Crippen molar-refractivity contribution >= 4 is 40.5 Å². The Morgan fingerprint density at radius 1 is 1.24 bits per heavy atom. The van der Waals surface area contributed by atoms with Crippen LogP contribution in [-0.4, -0.2) is 64.2 Å². The Kier molecular flexibility index (Phi) is 6.68. The molecule has 4 atom stereocenters. The van der Waals surface area contributed by atoms with Crippen LogP contribution in [0.15, 0.2) is 30.6 Å². The number of pyridine rings is 1. The summed E-state index contributed by atoms with van der Waals surface area (Å²) in [5, 5.41) is 2.51. The van der Waals surface area contributed by atoms with Crippen LogP contribution in [-0.2, 0) is 14.3 Å². The molecule has 3 fully saturated rings. The van der Waals surface area contributed by atoms with Crippen molar-refractivity contribution < 1.29 is 23.5 Å². The molecule has 2 unspecified atom stereocenters. The smallest absolute Gasteiger partial charge is 0.262 e. The van der Waals surface area contributed by atoms with Gasteiger partial charge in [0, 0.05) is 23.2 Å². The van der Waals surface area contributed by atoms with Crippen LogP contribution in [0.3, 0.4) is 0 Å². The third kappa shape index (κ3) is 4.48. The van der Waals surface area contributed by atoms with Gasteiger partial charge in [-0.3, -0.25) is 19.4 Å². The average molecular weight is 506 g/mol. The highest BCUT2D eigenvalue weighted by molar-refractivity contribution is 7.17. The van der Waals surface area contributed by atoms with E-state index in [0.29, 0.717) is 15.3 Å². The molecule has 0 bridgehead atoms. The number of nitrogens with zero attached hydrogens (tertiary/aromatic N) is 2. The topological polar surface area (TPSA) is 88.6 Å². The molecular formula is C24H25ClFN3O4S. The van der Waals surface area contributed by atoms with Crippen molar-refractivity contribution in [3.8, 4) is 10.4 Å². The van der Waals surface area contributed by atoms with Gasteiger partial charge in [-0.2, -0.15) is 0 Å². The molecular weight excluding hydrogens is 481 g/mol. The standard InChI is InChI=1S/C24H25ClFN3O4S/c25-16-11-29(21-17(30)12-33-22(16)21)24(32)20(13-4-2-1-3-5-13)28-23(31)19-7-6-18(34-19)14-8-15(26)10-27-9-14/h6-10,13,16,20-22H,1-5,11-12H2,(H,28,31)/t16-,20-,21?,22?/m0/s1. The summed E-state index contributed by atoms with van der Waals surface area (Å²) in [5.74, 6) is -1.25. The summed E-state index contributed by atoms with van der Waals surface area (Å²) in [4.78, 5) is 45.8. The molecule has 0 radical (unpaired) electrons. The van der Waals surface area contributed by atoms with E-state index in [1.54, 1.807) is 12.1 Å². The van der Waals surface area contributed by atoms with E-state index in [-0.39, 0.29) is 36.7 Å². The number of likely N-dealkylation sites (tertiary alicyclic amines) is 1. The van der Waals surface area contributed by atoms with Gasteiger partial charge in [0.1, 0.15) is 30.6 Å². The highest BCUT2D eigenvalue weighted by atomic mass is 35.5. The molecule has 2 saturated heterocycles. The van der Waals surface area contributed by atoms with E-state index in [9.17, 15) is 18.8 Å². The maximum Gasteiger partial charge on any atom is 0.262 e. The van der Waals surface area contributed by atoms with Crippen molar-refractivity contribution in [3.63, 3.8) is 0 Å². The minimum absolute atomic E-state index is 0.0118. The van der Waals surface area contributed by atoms with E-state index in [1.165, 1.54) is 28.5 Å². The number of ketones is 1. The number of alkyl halides is 1. The molecule has 1 aliphatic carbocycles. The maximum absolute atomic E-state index is 13.7. The van der Waals surface area contributed by atoms with Crippen molar-refractivity contribution in [1.82, 2.24) is 15.2 Å². The Balaban J connectivity index is 1.37. The molecule has 0 spiro atoms. The zero-order valence-corrected chi connectivity index (χ0v) is 20.0. The van der Waals surface area contributed by atoms with Gasteiger partial charge in [0.2, 0.25) is 5.91 Å². The number of rotatable bonds is 5. The first-order chi connectivity index (χ1) is 16.4. The number of carbonyl (C=O) groups excluding carboxylic acids is 3. The minimum atomic E-state index is -0.745. The number of Topliss-reactive ketones (excluding diaryl/α,β-unsaturated/α-hetero) is 1. The number of thiophene rings is 1. The van der Waals surface area contributed by atoms with E-state index in [4.69, 9.17) is 16.3 Å². The molecule has 1 N–H and O–H groups in total. The third-order valence-electron chi connectivity index (χ3n) is 6.90. The second-order valence-corrected chi connectivity index (χ2v) is 10.7. The first-order valence-electron chi connectivity index (χ1n) is 11.5. The lowest BCUT2D eigenvalue weighted by atomic mass is 9.83. The quantitative estimate of drug-likeness (QED) is 0.629. The maximum atomic E-state index is 13.7. The lowest BCUT2D eigenvalue weighted by Gasteiger charge is -2.34. The average Bonchev–Trinajstić information content (AvgIpc) is 3.56. The van der Waals surface area contributed by atoms with E-state index < -0.39 is 29.4 Å². The van der Waals surface area contributed by atoms with Crippen molar-refractivity contribution in [3.05, 3.63) is 41.3 Å². The first kappa shape index (κ1) is 23.4. The van der Waals surface area contributed by atoms with Gasteiger partial charge in [0.05, 0.1) is 16.5 Å². The number of carbonyl (C=O) groups is 3. The fraction of sp³-hybridized carbons (Fsp3) is 0.500. The Morgan fingerprint density at radius 2 is 2.03 bits per heavy atom. The van der Waals surface area contributed by atoms with Crippen LogP contribution in [0.25, 0.3) is 10.4 Å². The summed E-state index contributed by atoms with van der Waals surface area (Å²) < 4.78 is 19.1. The van der Waals surface area contributed by atoms with E-state index in [2.05, 4.69) is 10.3 Å². The van der Waals surface area contributed by atoms with Gasteiger partial charge in [-0.15, -0.1) is 22.9 Å². The molecule has 2 aromatic heterocycles. The molecule has 180 valence electrons. The Morgan fingerprint density at radius 3 is 2.79 bits per heavy atom. The number of hydrogen-bond acceptors (Lipinski definition) is 6. The number of fused-ring (bicyclic) bond motifs is 1. The molecule has 4 heterocycles. The van der Waals surface area contributed by atoms with E-state index in [1.807, 2.05) is 0 Å². The van der Waals surface area contributed by atoms with Gasteiger partial charge in [-0.1, -0.05) is 19.3 Å². The Labute approximate surface area is 205 Å². The van der Waals surface area contributed by atoms with Crippen molar-refractivity contribution in [1.29, 1.82) is 0 Å². The fourth-order valence-electron chi connectivity index (χ4n) is 5.23. The highest BCUT2D eigenvalue weighted by Crippen LogP contribution is 2.34. The van der Waals surface area contributed by atoms with Gasteiger partial charge in [0.25, 0.3) is 5.91 Å². The largest absolute Gasteiger partial charge is 0.366 e. The second kappa shape index (κ2) is 9.71. The highest BCUT2D eigenvalue weighted by Gasteiger charge is 2.53. The summed E-state index contributed by atoms with van der Waals surface area (Å²) in [6, 6.07) is 3.34. The number of hydrogen-bond donors (Lipinski definition) is 1. The van der Waals surface area contributed by atoms with Crippen LogP contribution >= 0.6 is 22.9 Å². The number of amides is 2. The number of aromatic nitrogens is 1. The van der Waals surface area contributed by atoms with Crippen molar-refractivity contribution in [2.45, 2.75) is 55.7 Å². The summed E-state index contributed by atoms with van der Waals surface area (Å²) in [7, 11) is 0. The van der Waals surface area contributed by atoms with Crippen LogP contribution in [0.2, 0.25) is 0 Å². The normalized spacial score (nSPS) is 25.9. The van der Waals surface area contributed by atoms with Gasteiger partial charge < -0.3 is 15.0 Å². The number of halogens is 2. The lowest BCUT2D eigenvalue weighted by molar-refractivity contribution is -0.139. The van der Waals surface area contributed by atoms with Crippen LogP contribution in [0.1, 0.15) is 41.8 Å².